The van der Waals surface area contributed by atoms with E-state index in [0.29, 0.717) is 5.75 Å². The molecule has 1 heteroatoms. The minimum absolute atomic E-state index is 0.414. The second-order valence-electron chi connectivity index (χ2n) is 4.98. The predicted octanol–water partition coefficient (Wildman–Crippen LogP) is 4.62. The topological polar surface area (TPSA) is 20.2 Å². The smallest absolute Gasteiger partial charge is 0.122 e. The molecule has 0 fully saturated rings. The number of aromatic hydroxyl groups is 1. The molecule has 1 nitrogen and oxygen atoms in total. The van der Waals surface area contributed by atoms with E-state index in [1.807, 2.05) is 13.8 Å². The average Bonchev–Trinajstić information content (AvgIpc) is 2.38. The molecule has 0 aliphatic heterocycles. The first-order chi connectivity index (χ1) is 8.59. The molecule has 0 saturated carbocycles. The lowest BCUT2D eigenvalue weighted by Gasteiger charge is -2.12. The molecule has 0 atom stereocenters. The maximum Gasteiger partial charge on any atom is 0.122 e. The number of phenolic OH excluding ortho intramolecular Hbond substituents is 1. The van der Waals surface area contributed by atoms with Gasteiger partial charge in [0.2, 0.25) is 0 Å². The van der Waals surface area contributed by atoms with Crippen molar-refractivity contribution in [2.45, 2.75) is 20.8 Å². The van der Waals surface area contributed by atoms with E-state index in [0.717, 1.165) is 16.5 Å². The Bertz CT molecular complexity index is 770. The molecule has 0 spiro atoms. The van der Waals surface area contributed by atoms with Gasteiger partial charge in [-0.25, -0.2) is 0 Å². The van der Waals surface area contributed by atoms with Gasteiger partial charge in [-0.15, -0.1) is 0 Å². The highest BCUT2D eigenvalue weighted by Crippen LogP contribution is 2.35. The highest BCUT2D eigenvalue weighted by atomic mass is 16.3. The van der Waals surface area contributed by atoms with Crippen molar-refractivity contribution in [1.29, 1.82) is 0 Å². The molecule has 18 heavy (non-hydrogen) atoms. The zero-order chi connectivity index (χ0) is 12.9. The molecule has 0 aliphatic carbocycles. The summed E-state index contributed by atoms with van der Waals surface area (Å²) >= 11 is 0. The molecule has 0 saturated heterocycles. The lowest BCUT2D eigenvalue weighted by atomic mass is 9.93. The predicted molar refractivity (Wildman–Crippen MR) is 77.3 cm³/mol. The van der Waals surface area contributed by atoms with Crippen molar-refractivity contribution in [2.24, 2.45) is 0 Å². The summed E-state index contributed by atoms with van der Waals surface area (Å²) in [6.07, 6.45) is 0. The van der Waals surface area contributed by atoms with E-state index in [-0.39, 0.29) is 0 Å². The Kier molecular flexibility index (Phi) is 2.30. The molecule has 1 N–H and O–H groups in total. The Morgan fingerprint density at radius 2 is 1.44 bits per heavy atom. The molecule has 90 valence electrons. The quantitative estimate of drug-likeness (QED) is 0.564. The van der Waals surface area contributed by atoms with Crippen LogP contribution in [0.1, 0.15) is 16.7 Å². The van der Waals surface area contributed by atoms with Gasteiger partial charge >= 0.3 is 0 Å². The summed E-state index contributed by atoms with van der Waals surface area (Å²) < 4.78 is 0. The number of fused-ring (bicyclic) bond motifs is 2. The van der Waals surface area contributed by atoms with E-state index in [2.05, 4.69) is 43.3 Å². The summed E-state index contributed by atoms with van der Waals surface area (Å²) in [6, 6.07) is 12.7. The molecule has 3 aromatic carbocycles. The van der Waals surface area contributed by atoms with E-state index in [1.165, 1.54) is 21.7 Å². The summed E-state index contributed by atoms with van der Waals surface area (Å²) in [7, 11) is 0. The fraction of sp³-hybridized carbons (Fsp3) is 0.176. The minimum Gasteiger partial charge on any atom is -0.507 e. The Hall–Kier alpha value is -2.02. The Morgan fingerprint density at radius 1 is 0.778 bits per heavy atom. The molecule has 0 radical (unpaired) electrons. The third kappa shape index (κ3) is 1.40. The van der Waals surface area contributed by atoms with E-state index in [1.54, 1.807) is 0 Å². The Morgan fingerprint density at radius 3 is 2.22 bits per heavy atom. The first-order valence-corrected chi connectivity index (χ1v) is 6.21. The van der Waals surface area contributed by atoms with Gasteiger partial charge in [-0.2, -0.15) is 0 Å². The molecule has 3 rings (SSSR count). The normalized spacial score (nSPS) is 11.3. The van der Waals surface area contributed by atoms with Gasteiger partial charge in [0.05, 0.1) is 0 Å². The van der Waals surface area contributed by atoms with Crippen molar-refractivity contribution in [3.63, 3.8) is 0 Å². The molecule has 0 aromatic heterocycles. The SMILES string of the molecule is Cc1cc2c(C)c3ccccc3cc2c(C)c1O. The van der Waals surface area contributed by atoms with Gasteiger partial charge in [-0.05, 0) is 71.1 Å². The van der Waals surface area contributed by atoms with Gasteiger partial charge in [0.15, 0.2) is 0 Å². The maximum absolute atomic E-state index is 10.1. The highest BCUT2D eigenvalue weighted by molar-refractivity contribution is 6.04. The van der Waals surface area contributed by atoms with E-state index >= 15 is 0 Å². The average molecular weight is 236 g/mol. The zero-order valence-corrected chi connectivity index (χ0v) is 10.9. The van der Waals surface area contributed by atoms with Gasteiger partial charge in [0, 0.05) is 0 Å². The Labute approximate surface area is 107 Å². The van der Waals surface area contributed by atoms with Crippen molar-refractivity contribution in [2.75, 3.05) is 0 Å². The van der Waals surface area contributed by atoms with Crippen LogP contribution in [0, 0.1) is 20.8 Å². The van der Waals surface area contributed by atoms with Gasteiger partial charge in [-0.3, -0.25) is 0 Å². The van der Waals surface area contributed by atoms with Crippen molar-refractivity contribution < 1.29 is 5.11 Å². The van der Waals surface area contributed by atoms with E-state index in [4.69, 9.17) is 0 Å². The molecular formula is C17H16O. The maximum atomic E-state index is 10.1. The third-order valence-corrected chi connectivity index (χ3v) is 3.85. The second-order valence-corrected chi connectivity index (χ2v) is 4.98. The van der Waals surface area contributed by atoms with Crippen LogP contribution in [0.4, 0.5) is 0 Å². The molecule has 0 aliphatic rings. The number of benzene rings is 3. The number of aryl methyl sites for hydroxylation is 3. The molecule has 0 unspecified atom stereocenters. The third-order valence-electron chi connectivity index (χ3n) is 3.85. The van der Waals surface area contributed by atoms with Crippen LogP contribution >= 0.6 is 0 Å². The fourth-order valence-electron chi connectivity index (χ4n) is 2.75. The lowest BCUT2D eigenvalue weighted by Crippen LogP contribution is -1.88. The summed E-state index contributed by atoms with van der Waals surface area (Å²) in [6.45, 7) is 6.09. The van der Waals surface area contributed by atoms with Crippen LogP contribution in [0.2, 0.25) is 0 Å². The van der Waals surface area contributed by atoms with Crippen molar-refractivity contribution >= 4 is 21.5 Å². The number of phenols is 1. The van der Waals surface area contributed by atoms with Crippen LogP contribution in [-0.2, 0) is 0 Å². The van der Waals surface area contributed by atoms with Crippen LogP contribution in [0.15, 0.2) is 36.4 Å². The standard InChI is InChI=1S/C17H16O/c1-10-8-15-11(2)14-7-5-4-6-13(14)9-16(15)12(3)17(10)18/h4-9,18H,1-3H3. The van der Waals surface area contributed by atoms with Crippen molar-refractivity contribution in [3.05, 3.63) is 53.1 Å². The molecular weight excluding hydrogens is 220 g/mol. The van der Waals surface area contributed by atoms with Crippen LogP contribution in [-0.4, -0.2) is 5.11 Å². The van der Waals surface area contributed by atoms with E-state index < -0.39 is 0 Å². The first-order valence-electron chi connectivity index (χ1n) is 6.21. The van der Waals surface area contributed by atoms with Gasteiger partial charge in [0.25, 0.3) is 0 Å². The minimum atomic E-state index is 0.414. The van der Waals surface area contributed by atoms with Gasteiger partial charge in [-0.1, -0.05) is 24.3 Å². The van der Waals surface area contributed by atoms with E-state index in [9.17, 15) is 5.11 Å². The van der Waals surface area contributed by atoms with Crippen LogP contribution in [0.3, 0.4) is 0 Å². The zero-order valence-electron chi connectivity index (χ0n) is 10.9. The summed E-state index contributed by atoms with van der Waals surface area (Å²) in [5.41, 5.74) is 3.20. The summed E-state index contributed by atoms with van der Waals surface area (Å²) in [5, 5.41) is 15.0. The van der Waals surface area contributed by atoms with Crippen LogP contribution in [0.25, 0.3) is 21.5 Å². The Balaban J connectivity index is 2.60. The molecule has 0 heterocycles. The second kappa shape index (κ2) is 3.74. The molecule has 0 amide bonds. The molecule has 0 bridgehead atoms. The number of rotatable bonds is 0. The molecule has 3 aromatic rings. The van der Waals surface area contributed by atoms with Gasteiger partial charge < -0.3 is 5.11 Å². The van der Waals surface area contributed by atoms with Crippen molar-refractivity contribution in [1.82, 2.24) is 0 Å². The monoisotopic (exact) mass is 236 g/mol. The number of hydrogen-bond acceptors (Lipinski definition) is 1. The highest BCUT2D eigenvalue weighted by Gasteiger charge is 2.10. The number of hydrogen-bond donors (Lipinski definition) is 1. The largest absolute Gasteiger partial charge is 0.507 e. The summed E-state index contributed by atoms with van der Waals surface area (Å²) in [5.74, 6) is 0.414. The van der Waals surface area contributed by atoms with Crippen LogP contribution < -0.4 is 0 Å². The lowest BCUT2D eigenvalue weighted by molar-refractivity contribution is 0.468. The van der Waals surface area contributed by atoms with Gasteiger partial charge in [0.1, 0.15) is 5.75 Å². The summed E-state index contributed by atoms with van der Waals surface area (Å²) in [4.78, 5) is 0. The first kappa shape index (κ1) is 11.1. The fourth-order valence-corrected chi connectivity index (χ4v) is 2.75. The van der Waals surface area contributed by atoms with Crippen molar-refractivity contribution in [3.8, 4) is 5.75 Å². The van der Waals surface area contributed by atoms with Crippen LogP contribution in [0.5, 0.6) is 5.75 Å².